The monoisotopic (exact) mass is 278 g/mol. The Bertz CT molecular complexity index is 694. The van der Waals surface area contributed by atoms with Gasteiger partial charge in [0, 0.05) is 24.5 Å². The van der Waals surface area contributed by atoms with Crippen molar-refractivity contribution in [3.05, 3.63) is 47.5 Å². The first-order valence-corrected chi connectivity index (χ1v) is 7.15. The van der Waals surface area contributed by atoms with Crippen molar-refractivity contribution < 1.29 is 0 Å². The molecule has 0 bridgehead atoms. The number of benzene rings is 1. The van der Waals surface area contributed by atoms with Crippen LogP contribution in [0.3, 0.4) is 0 Å². The van der Waals surface area contributed by atoms with Crippen molar-refractivity contribution in [3.8, 4) is 11.8 Å². The summed E-state index contributed by atoms with van der Waals surface area (Å²) in [7, 11) is 0. The summed E-state index contributed by atoms with van der Waals surface area (Å²) in [6, 6.07) is 4.01. The maximum absolute atomic E-state index is 6.20. The smallest absolute Gasteiger partial charge is 0.131 e. The van der Waals surface area contributed by atoms with Crippen LogP contribution >= 0.6 is 0 Å². The molecule has 0 saturated heterocycles. The Morgan fingerprint density at radius 2 is 2.14 bits per heavy atom. The molecule has 0 atom stereocenters. The number of nitrogens with one attached hydrogen (secondary N) is 1. The number of aromatic nitrogens is 2. The minimum atomic E-state index is 0.659. The molecule has 0 radical (unpaired) electrons. The van der Waals surface area contributed by atoms with E-state index in [1.165, 1.54) is 12.8 Å². The molecule has 0 unspecified atom stereocenters. The van der Waals surface area contributed by atoms with Crippen LogP contribution in [0.5, 0.6) is 0 Å². The molecule has 0 spiro atoms. The molecule has 1 aliphatic rings. The van der Waals surface area contributed by atoms with Crippen molar-refractivity contribution in [2.75, 3.05) is 17.6 Å². The quantitative estimate of drug-likeness (QED) is 0.669. The number of nitrogen functional groups attached to an aromatic ring is 1. The van der Waals surface area contributed by atoms with Crippen molar-refractivity contribution in [2.24, 2.45) is 5.92 Å². The van der Waals surface area contributed by atoms with Gasteiger partial charge in [-0.25, -0.2) is 4.98 Å². The van der Waals surface area contributed by atoms with E-state index in [1.54, 1.807) is 18.6 Å². The second kappa shape index (κ2) is 5.84. The SMILES string of the molecule is Cc1c(C#Cc2cnccn2)ccc(NCC2CC2)c1N. The van der Waals surface area contributed by atoms with Gasteiger partial charge in [0.1, 0.15) is 5.69 Å². The Balaban J connectivity index is 1.80. The molecule has 4 heteroatoms. The van der Waals surface area contributed by atoms with Gasteiger partial charge in [-0.15, -0.1) is 0 Å². The van der Waals surface area contributed by atoms with Crippen molar-refractivity contribution in [1.82, 2.24) is 9.97 Å². The standard InChI is InChI=1S/C17H18N4/c1-12-14(4-6-15-11-19-8-9-20-15)5-7-16(17(12)18)21-10-13-2-3-13/h5,7-9,11,13,21H,2-3,10,18H2,1H3. The average molecular weight is 278 g/mol. The van der Waals surface area contributed by atoms with E-state index in [0.29, 0.717) is 5.69 Å². The van der Waals surface area contributed by atoms with Crippen LogP contribution in [0.1, 0.15) is 29.7 Å². The summed E-state index contributed by atoms with van der Waals surface area (Å²) in [4.78, 5) is 8.14. The molecule has 3 rings (SSSR count). The third-order valence-electron chi connectivity index (χ3n) is 3.68. The van der Waals surface area contributed by atoms with E-state index in [2.05, 4.69) is 27.1 Å². The van der Waals surface area contributed by atoms with Crippen molar-refractivity contribution in [2.45, 2.75) is 19.8 Å². The molecular formula is C17H18N4. The fourth-order valence-corrected chi connectivity index (χ4v) is 2.09. The normalized spacial score (nSPS) is 13.4. The summed E-state index contributed by atoms with van der Waals surface area (Å²) < 4.78 is 0. The molecule has 1 aliphatic carbocycles. The average Bonchev–Trinajstić information content (AvgIpc) is 3.33. The summed E-state index contributed by atoms with van der Waals surface area (Å²) in [5.74, 6) is 6.94. The third-order valence-corrected chi connectivity index (χ3v) is 3.68. The number of hydrogen-bond donors (Lipinski definition) is 2. The topological polar surface area (TPSA) is 63.8 Å². The highest BCUT2D eigenvalue weighted by Gasteiger charge is 2.21. The summed E-state index contributed by atoms with van der Waals surface area (Å²) in [5.41, 5.74) is 10.6. The van der Waals surface area contributed by atoms with Gasteiger partial charge in [-0.3, -0.25) is 4.98 Å². The first-order valence-electron chi connectivity index (χ1n) is 7.15. The number of rotatable bonds is 3. The lowest BCUT2D eigenvalue weighted by Crippen LogP contribution is -2.07. The van der Waals surface area contributed by atoms with Crippen molar-refractivity contribution >= 4 is 11.4 Å². The molecular weight excluding hydrogens is 260 g/mol. The molecule has 4 nitrogen and oxygen atoms in total. The van der Waals surface area contributed by atoms with Gasteiger partial charge < -0.3 is 11.1 Å². The molecule has 1 fully saturated rings. The van der Waals surface area contributed by atoms with Crippen LogP contribution < -0.4 is 11.1 Å². The zero-order chi connectivity index (χ0) is 14.7. The van der Waals surface area contributed by atoms with E-state index in [0.717, 1.165) is 35.0 Å². The molecule has 0 aliphatic heterocycles. The Morgan fingerprint density at radius 3 is 2.86 bits per heavy atom. The maximum Gasteiger partial charge on any atom is 0.131 e. The highest BCUT2D eigenvalue weighted by atomic mass is 14.9. The van der Waals surface area contributed by atoms with Gasteiger partial charge in [-0.05, 0) is 49.3 Å². The minimum absolute atomic E-state index is 0.659. The fourth-order valence-electron chi connectivity index (χ4n) is 2.09. The van der Waals surface area contributed by atoms with Crippen LogP contribution in [0, 0.1) is 24.7 Å². The summed E-state index contributed by atoms with van der Waals surface area (Å²) >= 11 is 0. The van der Waals surface area contributed by atoms with Crippen LogP contribution in [0.15, 0.2) is 30.7 Å². The van der Waals surface area contributed by atoms with Crippen molar-refractivity contribution in [3.63, 3.8) is 0 Å². The molecule has 0 amide bonds. The first kappa shape index (κ1) is 13.4. The second-order valence-electron chi connectivity index (χ2n) is 5.36. The van der Waals surface area contributed by atoms with Crippen LogP contribution in [0.4, 0.5) is 11.4 Å². The molecule has 21 heavy (non-hydrogen) atoms. The fraction of sp³-hybridized carbons (Fsp3) is 0.294. The third kappa shape index (κ3) is 3.32. The highest BCUT2D eigenvalue weighted by molar-refractivity contribution is 5.73. The van der Waals surface area contributed by atoms with Crippen LogP contribution in [0.25, 0.3) is 0 Å². The van der Waals surface area contributed by atoms with E-state index in [1.807, 2.05) is 19.1 Å². The molecule has 1 aromatic heterocycles. The lowest BCUT2D eigenvalue weighted by Gasteiger charge is -2.12. The molecule has 1 heterocycles. The van der Waals surface area contributed by atoms with E-state index >= 15 is 0 Å². The summed E-state index contributed by atoms with van der Waals surface area (Å²) in [6.07, 6.45) is 7.57. The predicted molar refractivity (Wildman–Crippen MR) is 84.8 cm³/mol. The predicted octanol–water partition coefficient (Wildman–Crippen LogP) is 2.59. The van der Waals surface area contributed by atoms with Gasteiger partial charge in [-0.1, -0.05) is 5.92 Å². The van der Waals surface area contributed by atoms with Crippen LogP contribution in [0.2, 0.25) is 0 Å². The highest BCUT2D eigenvalue weighted by Crippen LogP contribution is 2.31. The molecule has 106 valence electrons. The van der Waals surface area contributed by atoms with Gasteiger partial charge in [0.05, 0.1) is 17.6 Å². The number of nitrogens with two attached hydrogens (primary N) is 1. The van der Waals surface area contributed by atoms with E-state index in [-0.39, 0.29) is 0 Å². The zero-order valence-corrected chi connectivity index (χ0v) is 12.1. The molecule has 3 N–H and O–H groups in total. The Hall–Kier alpha value is -2.54. The number of hydrogen-bond acceptors (Lipinski definition) is 4. The maximum atomic E-state index is 6.20. The Kier molecular flexibility index (Phi) is 3.74. The van der Waals surface area contributed by atoms with Gasteiger partial charge in [0.25, 0.3) is 0 Å². The summed E-state index contributed by atoms with van der Waals surface area (Å²) in [5, 5.41) is 3.42. The largest absolute Gasteiger partial charge is 0.397 e. The Labute approximate surface area is 124 Å². The zero-order valence-electron chi connectivity index (χ0n) is 12.1. The summed E-state index contributed by atoms with van der Waals surface area (Å²) in [6.45, 7) is 3.01. The molecule has 1 saturated carbocycles. The van der Waals surface area contributed by atoms with Gasteiger partial charge >= 0.3 is 0 Å². The van der Waals surface area contributed by atoms with Gasteiger partial charge in [-0.2, -0.15) is 0 Å². The van der Waals surface area contributed by atoms with Crippen LogP contribution in [-0.4, -0.2) is 16.5 Å². The minimum Gasteiger partial charge on any atom is -0.397 e. The van der Waals surface area contributed by atoms with E-state index in [9.17, 15) is 0 Å². The molecule has 2 aromatic rings. The first-order chi connectivity index (χ1) is 10.2. The number of anilines is 2. The Morgan fingerprint density at radius 1 is 1.29 bits per heavy atom. The van der Waals surface area contributed by atoms with Gasteiger partial charge in [0.15, 0.2) is 0 Å². The lowest BCUT2D eigenvalue weighted by molar-refractivity contribution is 0.889. The number of nitrogens with zero attached hydrogens (tertiary/aromatic N) is 2. The van der Waals surface area contributed by atoms with Gasteiger partial charge in [0.2, 0.25) is 0 Å². The molecule has 1 aromatic carbocycles. The van der Waals surface area contributed by atoms with Crippen molar-refractivity contribution in [1.29, 1.82) is 0 Å². The second-order valence-corrected chi connectivity index (χ2v) is 5.36. The van der Waals surface area contributed by atoms with E-state index in [4.69, 9.17) is 5.73 Å². The van der Waals surface area contributed by atoms with Crippen LogP contribution in [-0.2, 0) is 0 Å². The lowest BCUT2D eigenvalue weighted by atomic mass is 10.1. The van der Waals surface area contributed by atoms with E-state index < -0.39 is 0 Å².